The van der Waals surface area contributed by atoms with E-state index < -0.39 is 4.92 Å². The summed E-state index contributed by atoms with van der Waals surface area (Å²) in [4.78, 5) is 36.0. The topological polar surface area (TPSA) is 128 Å². The first-order valence-electron chi connectivity index (χ1n) is 16.8. The molecule has 1 aromatic rings. The Morgan fingerprint density at radius 3 is 2.55 bits per heavy atom. The normalized spacial score (nSPS) is 36.8. The van der Waals surface area contributed by atoms with Crippen molar-refractivity contribution in [2.45, 2.75) is 111 Å². The molecule has 10 unspecified atom stereocenters. The maximum absolute atomic E-state index is 12.8. The van der Waals surface area contributed by atoms with Gasteiger partial charge in [0.05, 0.1) is 22.7 Å². The van der Waals surface area contributed by atoms with Crippen molar-refractivity contribution in [2.24, 2.45) is 46.3 Å². The van der Waals surface area contributed by atoms with Gasteiger partial charge in [-0.1, -0.05) is 20.8 Å². The monoisotopic (exact) mass is 612 g/mol. The van der Waals surface area contributed by atoms with Crippen LogP contribution in [0.2, 0.25) is 0 Å². The first-order valence-corrected chi connectivity index (χ1v) is 16.8. The zero-order valence-corrected chi connectivity index (χ0v) is 27.2. The van der Waals surface area contributed by atoms with E-state index in [1.807, 2.05) is 7.11 Å². The lowest BCUT2D eigenvalue weighted by Gasteiger charge is -2.62. The minimum Gasteiger partial charge on any atom is -0.461 e. The number of nitrogens with one attached hydrogen (secondary N) is 1. The number of aliphatic hydroxyl groups is 1. The molecule has 4 aliphatic carbocycles. The van der Waals surface area contributed by atoms with Gasteiger partial charge < -0.3 is 19.9 Å². The fourth-order valence-corrected chi connectivity index (χ4v) is 10.4. The predicted octanol–water partition coefficient (Wildman–Crippen LogP) is 6.45. The summed E-state index contributed by atoms with van der Waals surface area (Å²) in [6.07, 6.45) is 9.94. The Labute approximate surface area is 262 Å². The molecule has 0 saturated heterocycles. The highest BCUT2D eigenvalue weighted by molar-refractivity contribution is 5.94. The fraction of sp³-hybridized carbons (Fsp3) is 0.771. The van der Waals surface area contributed by atoms with Crippen molar-refractivity contribution in [2.75, 3.05) is 13.7 Å². The van der Waals surface area contributed by atoms with Gasteiger partial charge in [0.25, 0.3) is 11.6 Å². The van der Waals surface area contributed by atoms with Gasteiger partial charge in [0.2, 0.25) is 0 Å². The number of ether oxygens (including phenoxy) is 2. The second kappa shape index (κ2) is 13.1. The summed E-state index contributed by atoms with van der Waals surface area (Å²) < 4.78 is 11.2. The largest absolute Gasteiger partial charge is 0.461 e. The summed E-state index contributed by atoms with van der Waals surface area (Å²) in [7, 11) is 1.82. The lowest BCUT2D eigenvalue weighted by atomic mass is 9.43. The molecular weight excluding hydrogens is 560 g/mol. The minimum absolute atomic E-state index is 0.158. The van der Waals surface area contributed by atoms with Crippen molar-refractivity contribution in [1.29, 1.82) is 0 Å². The molecule has 0 heterocycles. The fourth-order valence-electron chi connectivity index (χ4n) is 10.4. The number of rotatable bonds is 10. The molecule has 10 atom stereocenters. The van der Waals surface area contributed by atoms with E-state index >= 15 is 0 Å². The number of nitro groups is 1. The second-order valence-corrected chi connectivity index (χ2v) is 14.8. The third-order valence-corrected chi connectivity index (χ3v) is 12.8. The van der Waals surface area contributed by atoms with E-state index in [0.717, 1.165) is 32.1 Å². The Morgan fingerprint density at radius 2 is 1.84 bits per heavy atom. The predicted molar refractivity (Wildman–Crippen MR) is 167 cm³/mol. The van der Waals surface area contributed by atoms with Crippen LogP contribution < -0.4 is 5.32 Å². The molecule has 0 aromatic heterocycles. The molecule has 5 rings (SSSR count). The standard InChI is InChI=1S/C35H52N2O7/c1-6-36-33(40)22-8-9-23(29(17-22)37(41)42)20-44-31(39)12-7-21(2)26-10-11-27-32-28(14-16-35(26,27)4)34(3)15-13-25(43-5)18-24(34)19-30(32)38/h8-9,17,21,24-28,30,32,38H,6-7,10-16,18-20H2,1-5H3,(H,36,40). The van der Waals surface area contributed by atoms with Gasteiger partial charge in [0, 0.05) is 31.7 Å². The molecule has 0 aliphatic heterocycles. The Kier molecular flexibility index (Phi) is 9.76. The quantitative estimate of drug-likeness (QED) is 0.177. The molecule has 4 aliphatic rings. The third kappa shape index (κ3) is 6.03. The molecule has 2 N–H and O–H groups in total. The van der Waals surface area contributed by atoms with E-state index in [1.165, 1.54) is 37.5 Å². The van der Waals surface area contributed by atoms with E-state index in [9.17, 15) is 24.8 Å². The van der Waals surface area contributed by atoms with Crippen LogP contribution >= 0.6 is 0 Å². The average Bonchev–Trinajstić information content (AvgIpc) is 3.36. The first kappa shape index (κ1) is 32.9. The number of carbonyl (C=O) groups is 2. The van der Waals surface area contributed by atoms with Crippen LogP contribution in [0, 0.1) is 56.5 Å². The lowest BCUT2D eigenvalue weighted by molar-refractivity contribution is -0.385. The van der Waals surface area contributed by atoms with Crippen molar-refractivity contribution in [1.82, 2.24) is 5.32 Å². The molecule has 9 nitrogen and oxygen atoms in total. The zero-order valence-electron chi connectivity index (χ0n) is 27.2. The highest BCUT2D eigenvalue weighted by Crippen LogP contribution is 2.68. The molecule has 44 heavy (non-hydrogen) atoms. The molecule has 9 heteroatoms. The number of benzene rings is 1. The van der Waals surface area contributed by atoms with E-state index in [0.29, 0.717) is 54.6 Å². The van der Waals surface area contributed by atoms with Crippen LogP contribution in [0.3, 0.4) is 0 Å². The summed E-state index contributed by atoms with van der Waals surface area (Å²) in [6, 6.07) is 4.24. The van der Waals surface area contributed by atoms with Crippen molar-refractivity contribution in [3.8, 4) is 0 Å². The smallest absolute Gasteiger partial charge is 0.306 e. The number of nitrogens with zero attached hydrogens (tertiary/aromatic N) is 1. The number of aliphatic hydroxyl groups excluding tert-OH is 1. The minimum atomic E-state index is -0.547. The zero-order chi connectivity index (χ0) is 31.8. The molecule has 0 spiro atoms. The molecular formula is C35H52N2O7. The van der Waals surface area contributed by atoms with Crippen LogP contribution in [0.5, 0.6) is 0 Å². The van der Waals surface area contributed by atoms with Crippen molar-refractivity contribution < 1.29 is 29.1 Å². The number of hydrogen-bond acceptors (Lipinski definition) is 7. The van der Waals surface area contributed by atoms with Crippen LogP contribution in [0.25, 0.3) is 0 Å². The number of methoxy groups -OCH3 is 1. The van der Waals surface area contributed by atoms with Crippen LogP contribution in [0.1, 0.15) is 108 Å². The first-order chi connectivity index (χ1) is 20.9. The van der Waals surface area contributed by atoms with Crippen LogP contribution in [0.4, 0.5) is 5.69 Å². The molecule has 0 radical (unpaired) electrons. The van der Waals surface area contributed by atoms with E-state index in [2.05, 4.69) is 26.1 Å². The maximum Gasteiger partial charge on any atom is 0.306 e. The van der Waals surface area contributed by atoms with Crippen molar-refractivity contribution in [3.63, 3.8) is 0 Å². The summed E-state index contributed by atoms with van der Waals surface area (Å²) >= 11 is 0. The second-order valence-electron chi connectivity index (χ2n) is 14.8. The Bertz CT molecular complexity index is 1240. The van der Waals surface area contributed by atoms with E-state index in [4.69, 9.17) is 9.47 Å². The average molecular weight is 613 g/mol. The van der Waals surface area contributed by atoms with Gasteiger partial charge in [-0.3, -0.25) is 19.7 Å². The molecule has 1 amide bonds. The van der Waals surface area contributed by atoms with Gasteiger partial charge >= 0.3 is 5.97 Å². The van der Waals surface area contributed by atoms with E-state index in [1.54, 1.807) is 6.92 Å². The summed E-state index contributed by atoms with van der Waals surface area (Å²) in [5.41, 5.74) is 0.681. The molecule has 244 valence electrons. The summed E-state index contributed by atoms with van der Waals surface area (Å²) in [5, 5.41) is 25.9. The van der Waals surface area contributed by atoms with Gasteiger partial charge in [-0.05, 0) is 123 Å². The lowest BCUT2D eigenvalue weighted by Crippen LogP contribution is -2.58. The van der Waals surface area contributed by atoms with Crippen molar-refractivity contribution >= 4 is 17.6 Å². The number of carbonyl (C=O) groups excluding carboxylic acids is 2. The van der Waals surface area contributed by atoms with Gasteiger partial charge in [-0.25, -0.2) is 0 Å². The Hall–Kier alpha value is -2.52. The highest BCUT2D eigenvalue weighted by Gasteiger charge is 2.62. The SMILES string of the molecule is CCNC(=O)c1ccc(COC(=O)CCC(C)C2CCC3C4C(O)CC5CC(OC)CCC5(C)C4CCC23C)c([N+](=O)[O-])c1. The van der Waals surface area contributed by atoms with Gasteiger partial charge in [0.15, 0.2) is 0 Å². The maximum atomic E-state index is 12.8. The molecule has 4 saturated carbocycles. The van der Waals surface area contributed by atoms with Gasteiger partial charge in [0.1, 0.15) is 6.61 Å². The van der Waals surface area contributed by atoms with Crippen LogP contribution in [-0.2, 0) is 20.9 Å². The number of nitro benzene ring substituents is 1. The van der Waals surface area contributed by atoms with Crippen LogP contribution in [0.15, 0.2) is 18.2 Å². The molecule has 1 aromatic carbocycles. The number of esters is 1. The summed E-state index contributed by atoms with van der Waals surface area (Å²) in [6.45, 7) is 9.21. The Balaban J connectivity index is 1.18. The molecule has 4 fully saturated rings. The summed E-state index contributed by atoms with van der Waals surface area (Å²) in [5.74, 6) is 2.04. The number of hydrogen-bond donors (Lipinski definition) is 2. The van der Waals surface area contributed by atoms with Crippen LogP contribution in [-0.4, -0.2) is 47.8 Å². The third-order valence-electron chi connectivity index (χ3n) is 12.8. The van der Waals surface area contributed by atoms with Gasteiger partial charge in [-0.15, -0.1) is 0 Å². The van der Waals surface area contributed by atoms with E-state index in [-0.39, 0.29) is 58.7 Å². The molecule has 0 bridgehead atoms. The number of fused-ring (bicyclic) bond motifs is 5. The Morgan fingerprint density at radius 1 is 1.11 bits per heavy atom. The van der Waals surface area contributed by atoms with Gasteiger partial charge in [-0.2, -0.15) is 0 Å². The van der Waals surface area contributed by atoms with Crippen molar-refractivity contribution in [3.05, 3.63) is 39.4 Å². The number of amides is 1. The highest BCUT2D eigenvalue weighted by atomic mass is 16.6.